The highest BCUT2D eigenvalue weighted by molar-refractivity contribution is 7.13. The van der Waals surface area contributed by atoms with Gasteiger partial charge in [0.05, 0.1) is 21.6 Å². The van der Waals surface area contributed by atoms with Crippen LogP contribution in [-0.4, -0.2) is 39.8 Å². The number of anilines is 1. The number of rotatable bonds is 4. The first-order chi connectivity index (χ1) is 12.8. The number of thiazole rings is 1. The fourth-order valence-electron chi connectivity index (χ4n) is 3.06. The normalized spacial score (nSPS) is 17.2. The Hall–Kier alpha value is -1.99. The number of carbonyl (C=O) groups is 2. The lowest BCUT2D eigenvalue weighted by Gasteiger charge is -2.31. The predicted molar refractivity (Wildman–Crippen MR) is 107 cm³/mol. The molecule has 6 nitrogen and oxygen atoms in total. The molecule has 27 heavy (non-hydrogen) atoms. The molecule has 1 unspecified atom stereocenters. The number of hydrogen-bond donors (Lipinski definition) is 1. The summed E-state index contributed by atoms with van der Waals surface area (Å²) in [6.45, 7) is 7.08. The van der Waals surface area contributed by atoms with Crippen molar-refractivity contribution in [2.75, 3.05) is 18.4 Å². The zero-order chi connectivity index (χ0) is 19.6. The van der Waals surface area contributed by atoms with E-state index in [9.17, 15) is 9.59 Å². The maximum absolute atomic E-state index is 13.0. The first-order valence-electron chi connectivity index (χ1n) is 9.04. The first kappa shape index (κ1) is 19.8. The average Bonchev–Trinajstić information content (AvgIpc) is 3.05. The van der Waals surface area contributed by atoms with Crippen LogP contribution >= 0.6 is 22.9 Å². The van der Waals surface area contributed by atoms with Crippen molar-refractivity contribution in [2.24, 2.45) is 5.92 Å². The van der Waals surface area contributed by atoms with Crippen LogP contribution in [0.15, 0.2) is 18.3 Å². The number of piperidine rings is 1. The van der Waals surface area contributed by atoms with Crippen molar-refractivity contribution >= 4 is 40.6 Å². The average molecular weight is 407 g/mol. The third-order valence-corrected chi connectivity index (χ3v) is 6.23. The second-order valence-corrected chi connectivity index (χ2v) is 8.53. The summed E-state index contributed by atoms with van der Waals surface area (Å²) in [5.41, 5.74) is 0.769. The van der Waals surface area contributed by atoms with Crippen LogP contribution in [0.4, 0.5) is 5.82 Å². The SMILES string of the molecule is Cc1nc(C(C)C)sc1C(=O)N1CCCC(C(=O)Nc2ccc(Cl)cn2)C1. The number of likely N-dealkylation sites (tertiary alicyclic amines) is 1. The summed E-state index contributed by atoms with van der Waals surface area (Å²) in [7, 11) is 0. The Morgan fingerprint density at radius 1 is 1.37 bits per heavy atom. The van der Waals surface area contributed by atoms with E-state index in [1.807, 2.05) is 6.92 Å². The molecular formula is C19H23ClN4O2S. The number of pyridine rings is 1. The van der Waals surface area contributed by atoms with Gasteiger partial charge in [-0.2, -0.15) is 0 Å². The molecule has 2 aromatic heterocycles. The van der Waals surface area contributed by atoms with Crippen molar-refractivity contribution in [3.8, 4) is 0 Å². The highest BCUT2D eigenvalue weighted by Crippen LogP contribution is 2.27. The number of nitrogens with zero attached hydrogens (tertiary/aromatic N) is 3. The summed E-state index contributed by atoms with van der Waals surface area (Å²) in [6, 6.07) is 3.35. The maximum Gasteiger partial charge on any atom is 0.265 e. The molecule has 0 aromatic carbocycles. The van der Waals surface area contributed by atoms with Crippen molar-refractivity contribution < 1.29 is 9.59 Å². The Kier molecular flexibility index (Phi) is 6.11. The highest BCUT2D eigenvalue weighted by Gasteiger charge is 2.31. The van der Waals surface area contributed by atoms with Crippen molar-refractivity contribution in [1.82, 2.24) is 14.9 Å². The fraction of sp³-hybridized carbons (Fsp3) is 0.474. The lowest BCUT2D eigenvalue weighted by molar-refractivity contribution is -0.121. The van der Waals surface area contributed by atoms with E-state index in [-0.39, 0.29) is 17.7 Å². The largest absolute Gasteiger partial charge is 0.337 e. The molecule has 2 amide bonds. The summed E-state index contributed by atoms with van der Waals surface area (Å²) in [5, 5.41) is 4.30. The smallest absolute Gasteiger partial charge is 0.265 e. The van der Waals surface area contributed by atoms with Gasteiger partial charge in [-0.1, -0.05) is 25.4 Å². The molecule has 144 valence electrons. The molecule has 3 rings (SSSR count). The van der Waals surface area contributed by atoms with Crippen molar-refractivity contribution in [3.05, 3.63) is 38.9 Å². The molecule has 0 spiro atoms. The minimum Gasteiger partial charge on any atom is -0.337 e. The molecule has 8 heteroatoms. The van der Waals surface area contributed by atoms with Gasteiger partial charge in [0, 0.05) is 25.2 Å². The standard InChI is InChI=1S/C19H23ClN4O2S/c1-11(2)18-22-12(3)16(27-18)19(26)24-8-4-5-13(10-24)17(25)23-15-7-6-14(20)9-21-15/h6-7,9,11,13H,4-5,8,10H2,1-3H3,(H,21,23,25). The number of aryl methyl sites for hydroxylation is 1. The summed E-state index contributed by atoms with van der Waals surface area (Å²) in [6.07, 6.45) is 3.04. The fourth-order valence-corrected chi connectivity index (χ4v) is 4.21. The van der Waals surface area contributed by atoms with Gasteiger partial charge in [-0.3, -0.25) is 9.59 Å². The van der Waals surface area contributed by atoms with E-state index in [4.69, 9.17) is 11.6 Å². The van der Waals surface area contributed by atoms with E-state index < -0.39 is 0 Å². The predicted octanol–water partition coefficient (Wildman–Crippen LogP) is 4.11. The van der Waals surface area contributed by atoms with Crippen molar-refractivity contribution in [1.29, 1.82) is 0 Å². The van der Waals surface area contributed by atoms with E-state index in [0.29, 0.717) is 34.7 Å². The molecule has 2 aromatic rings. The quantitative estimate of drug-likeness (QED) is 0.828. The van der Waals surface area contributed by atoms with Gasteiger partial charge in [-0.05, 0) is 31.9 Å². The van der Waals surface area contributed by atoms with Crippen LogP contribution in [0.25, 0.3) is 0 Å². The Bertz CT molecular complexity index is 835. The lowest BCUT2D eigenvalue weighted by Crippen LogP contribution is -2.43. The lowest BCUT2D eigenvalue weighted by atomic mass is 9.97. The second-order valence-electron chi connectivity index (χ2n) is 7.06. The summed E-state index contributed by atoms with van der Waals surface area (Å²) < 4.78 is 0. The molecule has 0 radical (unpaired) electrons. The van der Waals surface area contributed by atoms with E-state index in [2.05, 4.69) is 29.1 Å². The molecular weight excluding hydrogens is 384 g/mol. The van der Waals surface area contributed by atoms with Crippen LogP contribution in [0, 0.1) is 12.8 Å². The Morgan fingerprint density at radius 3 is 2.78 bits per heavy atom. The summed E-state index contributed by atoms with van der Waals surface area (Å²) in [5.74, 6) is 0.359. The van der Waals surface area contributed by atoms with Crippen LogP contribution < -0.4 is 5.32 Å². The summed E-state index contributed by atoms with van der Waals surface area (Å²) in [4.78, 5) is 36.6. The molecule has 1 aliphatic rings. The van der Waals surface area contributed by atoms with Crippen LogP contribution in [0.5, 0.6) is 0 Å². The number of amides is 2. The van der Waals surface area contributed by atoms with Crippen LogP contribution in [0.1, 0.15) is 53.0 Å². The zero-order valence-electron chi connectivity index (χ0n) is 15.7. The number of nitrogens with one attached hydrogen (secondary N) is 1. The zero-order valence-corrected chi connectivity index (χ0v) is 17.2. The van der Waals surface area contributed by atoms with Gasteiger partial charge in [0.15, 0.2) is 0 Å². The number of hydrogen-bond acceptors (Lipinski definition) is 5. The molecule has 1 fully saturated rings. The highest BCUT2D eigenvalue weighted by atomic mass is 35.5. The van der Waals surface area contributed by atoms with Crippen LogP contribution in [0.3, 0.4) is 0 Å². The van der Waals surface area contributed by atoms with Crippen LogP contribution in [-0.2, 0) is 4.79 Å². The van der Waals surface area contributed by atoms with E-state index in [1.54, 1.807) is 17.0 Å². The molecule has 0 saturated carbocycles. The first-order valence-corrected chi connectivity index (χ1v) is 10.2. The third-order valence-electron chi connectivity index (χ3n) is 4.56. The van der Waals surface area contributed by atoms with Gasteiger partial charge in [0.2, 0.25) is 5.91 Å². The van der Waals surface area contributed by atoms with E-state index >= 15 is 0 Å². The van der Waals surface area contributed by atoms with Gasteiger partial charge in [0.1, 0.15) is 10.7 Å². The summed E-state index contributed by atoms with van der Waals surface area (Å²) >= 11 is 7.28. The van der Waals surface area contributed by atoms with Crippen molar-refractivity contribution in [2.45, 2.75) is 39.5 Å². The van der Waals surface area contributed by atoms with E-state index in [0.717, 1.165) is 23.5 Å². The Morgan fingerprint density at radius 2 is 2.15 bits per heavy atom. The number of carbonyl (C=O) groups excluding carboxylic acids is 2. The van der Waals surface area contributed by atoms with E-state index in [1.165, 1.54) is 17.5 Å². The molecule has 0 bridgehead atoms. The molecule has 0 aliphatic carbocycles. The monoisotopic (exact) mass is 406 g/mol. The molecule has 1 aliphatic heterocycles. The topological polar surface area (TPSA) is 75.2 Å². The maximum atomic E-state index is 13.0. The van der Waals surface area contributed by atoms with Gasteiger partial charge in [-0.25, -0.2) is 9.97 Å². The van der Waals surface area contributed by atoms with Crippen LogP contribution in [0.2, 0.25) is 5.02 Å². The minimum absolute atomic E-state index is 0.0287. The van der Waals surface area contributed by atoms with Gasteiger partial charge in [0.25, 0.3) is 5.91 Å². The van der Waals surface area contributed by atoms with Gasteiger partial charge >= 0.3 is 0 Å². The number of halogens is 1. The van der Waals surface area contributed by atoms with Gasteiger partial charge < -0.3 is 10.2 Å². The number of aromatic nitrogens is 2. The molecule has 1 saturated heterocycles. The Balaban J connectivity index is 1.67. The van der Waals surface area contributed by atoms with Gasteiger partial charge in [-0.15, -0.1) is 11.3 Å². The third kappa shape index (κ3) is 4.65. The molecule has 1 atom stereocenters. The second kappa shape index (κ2) is 8.35. The Labute approximate surface area is 168 Å². The molecule has 1 N–H and O–H groups in total. The minimum atomic E-state index is -0.252. The molecule has 3 heterocycles. The van der Waals surface area contributed by atoms with Crippen molar-refractivity contribution in [3.63, 3.8) is 0 Å².